The van der Waals surface area contributed by atoms with Crippen LogP contribution >= 0.6 is 24.8 Å². The molecule has 84 valence electrons. The first kappa shape index (κ1) is 19.4. The molecule has 1 heterocycles. The van der Waals surface area contributed by atoms with Gasteiger partial charge < -0.3 is 4.74 Å². The number of aromatic nitrogens is 1. The first-order valence-corrected chi connectivity index (χ1v) is 3.88. The Balaban J connectivity index is -0.000000213. The molecule has 3 nitrogen and oxygen atoms in total. The van der Waals surface area contributed by atoms with Crippen LogP contribution in [0.2, 0.25) is 0 Å². The van der Waals surface area contributed by atoms with Crippen molar-refractivity contribution in [3.8, 4) is 11.8 Å². The van der Waals surface area contributed by atoms with Crippen LogP contribution in [0.3, 0.4) is 0 Å². The number of ether oxygens (including phenoxy) is 1. The lowest BCUT2D eigenvalue weighted by atomic mass is 10.5. The highest BCUT2D eigenvalue weighted by Crippen LogP contribution is 2.04. The molecule has 15 heavy (non-hydrogen) atoms. The smallest absolute Gasteiger partial charge is 0.137 e. The highest BCUT2D eigenvalue weighted by Gasteiger charge is 1.84. The molecule has 0 spiro atoms. The van der Waals surface area contributed by atoms with Crippen molar-refractivity contribution in [3.63, 3.8) is 0 Å². The third kappa shape index (κ3) is 12.8. The minimum Gasteiger partial charge on any atom is -0.492 e. The second-order valence-electron chi connectivity index (χ2n) is 1.95. The van der Waals surface area contributed by atoms with Gasteiger partial charge in [0.15, 0.2) is 0 Å². The molecule has 1 aromatic heterocycles. The van der Waals surface area contributed by atoms with E-state index in [1.54, 1.807) is 18.5 Å². The molecule has 0 aromatic carbocycles. The fourth-order valence-electron chi connectivity index (χ4n) is 0.599. The molecular weight excluding hydrogens is 235 g/mol. The fourth-order valence-corrected chi connectivity index (χ4v) is 0.599. The van der Waals surface area contributed by atoms with E-state index in [0.717, 1.165) is 5.75 Å². The van der Waals surface area contributed by atoms with Gasteiger partial charge in [0, 0.05) is 12.3 Å². The lowest BCUT2D eigenvalue weighted by Crippen LogP contribution is -1.90. The van der Waals surface area contributed by atoms with Crippen molar-refractivity contribution in [3.05, 3.63) is 37.2 Å². The zero-order valence-corrected chi connectivity index (χ0v) is 10.1. The topological polar surface area (TPSA) is 45.9 Å². The first-order valence-electron chi connectivity index (χ1n) is 3.88. The van der Waals surface area contributed by atoms with Crippen LogP contribution < -0.4 is 4.74 Å². The maximum Gasteiger partial charge on any atom is 0.137 e. The first-order chi connectivity index (χ1) is 6.35. The molecule has 0 bridgehead atoms. The Bertz CT molecular complexity index is 273. The summed E-state index contributed by atoms with van der Waals surface area (Å²) in [5.74, 6) is 0.833. The average Bonchev–Trinajstić information content (AvgIpc) is 2.20. The quantitative estimate of drug-likeness (QED) is 0.757. The Kier molecular flexibility index (Phi) is 19.7. The van der Waals surface area contributed by atoms with Crippen molar-refractivity contribution in [2.24, 2.45) is 0 Å². The van der Waals surface area contributed by atoms with E-state index in [1.165, 1.54) is 6.08 Å². The Morgan fingerprint density at radius 1 is 1.60 bits per heavy atom. The predicted octanol–water partition coefficient (Wildman–Crippen LogP) is 3.02. The number of nitriles is 1. The molecule has 1 rings (SSSR count). The third-order valence-electron chi connectivity index (χ3n) is 1.04. The predicted molar refractivity (Wildman–Crippen MR) is 65.7 cm³/mol. The number of nitrogens with zero attached hydrogens (tertiary/aromatic N) is 2. The van der Waals surface area contributed by atoms with Crippen LogP contribution in [-0.2, 0) is 0 Å². The van der Waals surface area contributed by atoms with Crippen LogP contribution in [0.15, 0.2) is 37.2 Å². The molecule has 0 N–H and O–H groups in total. The summed E-state index contributed by atoms with van der Waals surface area (Å²) in [6.07, 6.45) is 4.60. The van der Waals surface area contributed by atoms with Crippen molar-refractivity contribution in [2.45, 2.75) is 6.92 Å². The van der Waals surface area contributed by atoms with Gasteiger partial charge in [0.25, 0.3) is 0 Å². The molecule has 0 aliphatic carbocycles. The minimum atomic E-state index is 0. The van der Waals surface area contributed by atoms with E-state index >= 15 is 0 Å². The third-order valence-corrected chi connectivity index (χ3v) is 1.04. The van der Waals surface area contributed by atoms with Crippen LogP contribution in [0.1, 0.15) is 6.92 Å². The summed E-state index contributed by atoms with van der Waals surface area (Å²) in [4.78, 5) is 3.88. The zero-order valence-electron chi connectivity index (χ0n) is 8.42. The van der Waals surface area contributed by atoms with E-state index in [9.17, 15) is 0 Å². The molecular formula is C10H14Cl2N2O. The minimum absolute atomic E-state index is 0. The van der Waals surface area contributed by atoms with Crippen LogP contribution in [0.4, 0.5) is 0 Å². The molecule has 0 aliphatic heterocycles. The molecule has 0 fully saturated rings. The molecule has 5 heteroatoms. The lowest BCUT2D eigenvalue weighted by Gasteiger charge is -1.98. The fraction of sp³-hybridized carbons (Fsp3) is 0.200. The van der Waals surface area contributed by atoms with Crippen molar-refractivity contribution in [1.82, 2.24) is 4.98 Å². The van der Waals surface area contributed by atoms with E-state index in [2.05, 4.69) is 11.6 Å². The van der Waals surface area contributed by atoms with E-state index in [-0.39, 0.29) is 24.8 Å². The molecule has 0 atom stereocenters. The van der Waals surface area contributed by atoms with Crippen molar-refractivity contribution >= 4 is 24.8 Å². The SMILES string of the molecule is C=CC#N.CCOc1cccnc1.Cl.Cl. The standard InChI is InChI=1S/C7H9NO.C3H3N.2ClH/c1-2-9-7-4-3-5-8-6-7;1-2-3-4;;/h3-6H,2H2,1H3;2H,1H2;2*1H. The highest BCUT2D eigenvalue weighted by molar-refractivity contribution is 5.85. The summed E-state index contributed by atoms with van der Waals surface area (Å²) >= 11 is 0. The lowest BCUT2D eigenvalue weighted by molar-refractivity contribution is 0.339. The van der Waals surface area contributed by atoms with Gasteiger partial charge in [0.05, 0.1) is 18.9 Å². The summed E-state index contributed by atoms with van der Waals surface area (Å²) in [7, 11) is 0. The van der Waals surface area contributed by atoms with Gasteiger partial charge in [-0.15, -0.1) is 24.8 Å². The van der Waals surface area contributed by atoms with Gasteiger partial charge in [-0.1, -0.05) is 6.58 Å². The van der Waals surface area contributed by atoms with E-state index < -0.39 is 0 Å². The maximum atomic E-state index is 7.51. The van der Waals surface area contributed by atoms with Crippen molar-refractivity contribution < 1.29 is 4.74 Å². The molecule has 0 saturated heterocycles. The van der Waals surface area contributed by atoms with Crippen LogP contribution in [0.25, 0.3) is 0 Å². The van der Waals surface area contributed by atoms with Gasteiger partial charge in [-0.25, -0.2) is 0 Å². The monoisotopic (exact) mass is 248 g/mol. The molecule has 0 unspecified atom stereocenters. The largest absolute Gasteiger partial charge is 0.492 e. The molecule has 0 amide bonds. The number of pyridine rings is 1. The Morgan fingerprint density at radius 2 is 2.20 bits per heavy atom. The Morgan fingerprint density at radius 3 is 2.53 bits per heavy atom. The van der Waals surface area contributed by atoms with Gasteiger partial charge in [0.2, 0.25) is 0 Å². The second kappa shape index (κ2) is 15.2. The average molecular weight is 249 g/mol. The van der Waals surface area contributed by atoms with Gasteiger partial charge in [-0.2, -0.15) is 5.26 Å². The Labute approximate surface area is 103 Å². The van der Waals surface area contributed by atoms with E-state index in [0.29, 0.717) is 6.61 Å². The van der Waals surface area contributed by atoms with Gasteiger partial charge >= 0.3 is 0 Å². The van der Waals surface area contributed by atoms with Gasteiger partial charge in [0.1, 0.15) is 5.75 Å². The number of rotatable bonds is 2. The summed E-state index contributed by atoms with van der Waals surface area (Å²) in [5.41, 5.74) is 0. The van der Waals surface area contributed by atoms with Gasteiger partial charge in [-0.3, -0.25) is 4.98 Å². The molecule has 0 aliphatic rings. The van der Waals surface area contributed by atoms with Crippen molar-refractivity contribution in [2.75, 3.05) is 6.61 Å². The summed E-state index contributed by atoms with van der Waals surface area (Å²) in [6.45, 7) is 5.77. The maximum absolute atomic E-state index is 7.51. The second-order valence-corrected chi connectivity index (χ2v) is 1.95. The van der Waals surface area contributed by atoms with Gasteiger partial charge in [-0.05, 0) is 19.1 Å². The normalized spacial score (nSPS) is 6.40. The van der Waals surface area contributed by atoms with E-state index in [1.807, 2.05) is 19.1 Å². The number of hydrogen-bond acceptors (Lipinski definition) is 3. The van der Waals surface area contributed by atoms with Crippen LogP contribution in [0, 0.1) is 11.3 Å². The van der Waals surface area contributed by atoms with Crippen molar-refractivity contribution in [1.29, 1.82) is 5.26 Å². The Hall–Kier alpha value is -1.24. The number of allylic oxidation sites excluding steroid dienone is 1. The molecule has 0 radical (unpaired) electrons. The summed E-state index contributed by atoms with van der Waals surface area (Å²) in [6, 6.07) is 5.43. The number of halogens is 2. The molecule has 1 aromatic rings. The van der Waals surface area contributed by atoms with Crippen LogP contribution in [-0.4, -0.2) is 11.6 Å². The highest BCUT2D eigenvalue weighted by atomic mass is 35.5. The summed E-state index contributed by atoms with van der Waals surface area (Å²) in [5, 5.41) is 7.51. The van der Waals surface area contributed by atoms with Crippen LogP contribution in [0.5, 0.6) is 5.75 Å². The summed E-state index contributed by atoms with van der Waals surface area (Å²) < 4.78 is 5.14. The zero-order chi connectivity index (χ0) is 9.94. The molecule has 0 saturated carbocycles. The van der Waals surface area contributed by atoms with E-state index in [4.69, 9.17) is 10.00 Å². The number of hydrogen-bond donors (Lipinski definition) is 0.